The monoisotopic (exact) mass is 440 g/mol. The highest BCUT2D eigenvalue weighted by atomic mass is 32.1. The summed E-state index contributed by atoms with van der Waals surface area (Å²) in [6, 6.07) is 4.31. The Morgan fingerprint density at radius 3 is 2.71 bits per heavy atom. The fraction of sp³-hybridized carbons (Fsp3) is 0.692. The first-order valence-electron chi connectivity index (χ1n) is 12.0. The van der Waals surface area contributed by atoms with Crippen LogP contribution in [0.1, 0.15) is 66.9 Å². The van der Waals surface area contributed by atoms with Gasteiger partial charge in [-0.25, -0.2) is 0 Å². The van der Waals surface area contributed by atoms with E-state index in [1.807, 2.05) is 37.1 Å². The lowest BCUT2D eigenvalue weighted by Crippen LogP contribution is -2.59. The normalized spacial score (nSPS) is 41.5. The van der Waals surface area contributed by atoms with Gasteiger partial charge in [0, 0.05) is 29.9 Å². The van der Waals surface area contributed by atoms with Crippen LogP contribution >= 0.6 is 11.3 Å². The van der Waals surface area contributed by atoms with E-state index in [0.717, 1.165) is 29.7 Å². The van der Waals surface area contributed by atoms with Gasteiger partial charge in [0.05, 0.1) is 4.88 Å². The van der Waals surface area contributed by atoms with Crippen molar-refractivity contribution in [2.45, 2.75) is 65.3 Å². The van der Waals surface area contributed by atoms with Crippen molar-refractivity contribution in [3.8, 4) is 0 Å². The number of carbonyl (C=O) groups excluding carboxylic acids is 2. The maximum atomic E-state index is 12.6. The van der Waals surface area contributed by atoms with Gasteiger partial charge in [0.2, 0.25) is 5.91 Å². The summed E-state index contributed by atoms with van der Waals surface area (Å²) in [5, 5.41) is 3.26. The maximum Gasteiger partial charge on any atom is 0.261 e. The lowest BCUT2D eigenvalue weighted by atomic mass is 9.47. The molecule has 5 heteroatoms. The molecule has 1 aliphatic heterocycles. The number of hydrogen-bond acceptors (Lipinski definition) is 3. The van der Waals surface area contributed by atoms with Gasteiger partial charge in [0.1, 0.15) is 0 Å². The molecule has 1 aromatic heterocycles. The van der Waals surface area contributed by atoms with Crippen LogP contribution in [0, 0.1) is 41.4 Å². The van der Waals surface area contributed by atoms with E-state index in [4.69, 9.17) is 0 Å². The van der Waals surface area contributed by atoms with Crippen molar-refractivity contribution in [1.82, 2.24) is 10.2 Å². The van der Waals surface area contributed by atoms with E-state index in [1.54, 1.807) is 11.3 Å². The highest BCUT2D eigenvalue weighted by Gasteiger charge is 2.60. The first-order valence-corrected chi connectivity index (χ1v) is 12.9. The summed E-state index contributed by atoms with van der Waals surface area (Å²) in [5.41, 5.74) is 0.430. The van der Waals surface area contributed by atoms with Gasteiger partial charge in [-0.3, -0.25) is 9.59 Å². The molecule has 0 aromatic carbocycles. The molecule has 2 unspecified atom stereocenters. The molecule has 1 aromatic rings. The average molecular weight is 441 g/mol. The van der Waals surface area contributed by atoms with Crippen molar-refractivity contribution in [1.29, 1.82) is 0 Å². The highest BCUT2D eigenvalue weighted by Crippen LogP contribution is 2.65. The van der Waals surface area contributed by atoms with Crippen LogP contribution in [0.3, 0.4) is 0 Å². The third-order valence-corrected chi connectivity index (χ3v) is 10.8. The van der Waals surface area contributed by atoms with Crippen LogP contribution in [0.15, 0.2) is 24.3 Å². The minimum Gasteiger partial charge on any atom is -0.351 e. The van der Waals surface area contributed by atoms with Gasteiger partial charge in [0.15, 0.2) is 0 Å². The molecule has 2 amide bonds. The zero-order chi connectivity index (χ0) is 22.0. The molecule has 2 heterocycles. The van der Waals surface area contributed by atoms with E-state index in [0.29, 0.717) is 23.3 Å². The molecule has 0 saturated heterocycles. The summed E-state index contributed by atoms with van der Waals surface area (Å²) in [4.78, 5) is 28.9. The van der Waals surface area contributed by atoms with Crippen LogP contribution in [0.5, 0.6) is 0 Å². The molecule has 0 radical (unpaired) electrons. The lowest BCUT2D eigenvalue weighted by molar-refractivity contribution is -0.138. The number of nitrogens with zero attached hydrogens (tertiary/aromatic N) is 1. The zero-order valence-corrected chi connectivity index (χ0v) is 20.1. The minimum absolute atomic E-state index is 0.0897. The van der Waals surface area contributed by atoms with E-state index < -0.39 is 0 Å². The van der Waals surface area contributed by atoms with Gasteiger partial charge in [-0.1, -0.05) is 19.9 Å². The molecule has 7 atom stereocenters. The van der Waals surface area contributed by atoms with Crippen molar-refractivity contribution in [2.24, 2.45) is 34.5 Å². The second kappa shape index (κ2) is 7.47. The number of nitrogens with one attached hydrogen (secondary N) is 1. The third-order valence-electron chi connectivity index (χ3n) is 9.80. The van der Waals surface area contributed by atoms with Gasteiger partial charge < -0.3 is 10.2 Å². The Labute approximate surface area is 190 Å². The van der Waals surface area contributed by atoms with Crippen LogP contribution in [0.25, 0.3) is 0 Å². The highest BCUT2D eigenvalue weighted by molar-refractivity contribution is 7.13. The molecule has 1 N–H and O–H groups in total. The Kier molecular flexibility index (Phi) is 5.12. The lowest BCUT2D eigenvalue weighted by Gasteiger charge is -2.60. The van der Waals surface area contributed by atoms with Gasteiger partial charge in [-0.15, -0.1) is 11.3 Å². The van der Waals surface area contributed by atoms with Crippen LogP contribution < -0.4 is 5.32 Å². The Morgan fingerprint density at radius 2 is 1.97 bits per heavy atom. The number of likely N-dealkylation sites (N-methyl/N-ethyl adjacent to an activating group) is 1. The van der Waals surface area contributed by atoms with Crippen molar-refractivity contribution in [3.05, 3.63) is 34.0 Å². The summed E-state index contributed by atoms with van der Waals surface area (Å²) in [5.74, 6) is 2.97. The first kappa shape index (κ1) is 21.2. The molecule has 3 saturated carbocycles. The zero-order valence-electron chi connectivity index (χ0n) is 19.3. The molecule has 168 valence electrons. The van der Waals surface area contributed by atoms with Crippen LogP contribution in [-0.2, 0) is 4.79 Å². The van der Waals surface area contributed by atoms with Gasteiger partial charge in [-0.05, 0) is 92.7 Å². The molecule has 0 spiro atoms. The molecular formula is C26H36N2O2S. The molecule has 3 fully saturated rings. The summed E-state index contributed by atoms with van der Waals surface area (Å²) in [7, 11) is 1.99. The number of hydrogen-bond donors (Lipinski definition) is 1. The van der Waals surface area contributed by atoms with Crippen LogP contribution in [0.2, 0.25) is 0 Å². The smallest absolute Gasteiger partial charge is 0.261 e. The van der Waals surface area contributed by atoms with Crippen molar-refractivity contribution in [2.75, 3.05) is 13.6 Å². The van der Waals surface area contributed by atoms with Crippen molar-refractivity contribution >= 4 is 23.2 Å². The molecule has 0 bridgehead atoms. The summed E-state index contributed by atoms with van der Waals surface area (Å²) in [6.45, 7) is 7.77. The third kappa shape index (κ3) is 3.21. The standard InChI is InChI=1S/C26H36N2O2S/c1-16-5-9-21(31-16)24(30)27-15-17-6-8-19-18-7-10-22-26(3,14-12-23(29)28(22)4)20(18)11-13-25(17,19)2/h5,9,12,14,17-20,22H,6-8,10-11,13,15H2,1-4H3,(H,27,30)/t17?,18-,19-,20+,22?,25+,26+/m0/s1. The Bertz CT molecular complexity index is 922. The number of amides is 2. The van der Waals surface area contributed by atoms with E-state index in [9.17, 15) is 9.59 Å². The molecule has 5 rings (SSSR count). The number of fused-ring (bicyclic) bond motifs is 5. The van der Waals surface area contributed by atoms with E-state index >= 15 is 0 Å². The van der Waals surface area contributed by atoms with E-state index in [1.165, 1.54) is 37.0 Å². The predicted molar refractivity (Wildman–Crippen MR) is 125 cm³/mol. The van der Waals surface area contributed by atoms with Gasteiger partial charge in [0.25, 0.3) is 5.91 Å². The Balaban J connectivity index is 1.31. The second-order valence-electron chi connectivity index (χ2n) is 11.1. The number of aryl methyl sites for hydroxylation is 1. The number of thiophene rings is 1. The van der Waals surface area contributed by atoms with Crippen LogP contribution in [-0.4, -0.2) is 36.3 Å². The largest absolute Gasteiger partial charge is 0.351 e. The summed E-state index contributed by atoms with van der Waals surface area (Å²) in [6.07, 6.45) is 11.4. The molecule has 3 aliphatic carbocycles. The van der Waals surface area contributed by atoms with Crippen LogP contribution in [0.4, 0.5) is 0 Å². The van der Waals surface area contributed by atoms with Gasteiger partial charge in [-0.2, -0.15) is 0 Å². The van der Waals surface area contributed by atoms with Crippen molar-refractivity contribution in [3.63, 3.8) is 0 Å². The number of rotatable bonds is 3. The number of carbonyl (C=O) groups is 2. The fourth-order valence-electron chi connectivity index (χ4n) is 8.04. The van der Waals surface area contributed by atoms with E-state index in [-0.39, 0.29) is 17.2 Å². The summed E-state index contributed by atoms with van der Waals surface area (Å²) < 4.78 is 0. The molecular weight excluding hydrogens is 404 g/mol. The maximum absolute atomic E-state index is 12.6. The first-order chi connectivity index (χ1) is 14.7. The molecule has 31 heavy (non-hydrogen) atoms. The van der Waals surface area contributed by atoms with E-state index in [2.05, 4.69) is 25.2 Å². The second-order valence-corrected chi connectivity index (χ2v) is 12.3. The Morgan fingerprint density at radius 1 is 1.16 bits per heavy atom. The predicted octanol–water partition coefficient (Wildman–Crippen LogP) is 5.04. The average Bonchev–Trinajstić information content (AvgIpc) is 3.32. The summed E-state index contributed by atoms with van der Waals surface area (Å²) >= 11 is 1.58. The minimum atomic E-state index is 0.0897. The fourth-order valence-corrected chi connectivity index (χ4v) is 8.83. The topological polar surface area (TPSA) is 49.4 Å². The molecule has 4 aliphatic rings. The van der Waals surface area contributed by atoms with Gasteiger partial charge >= 0.3 is 0 Å². The SMILES string of the molecule is Cc1ccc(C(=O)NCC2CC[C@H]3[C@@H]4CCC5N(C)C(=O)C=C[C@]5(C)[C@@H]4CC[C@]23C)s1. The van der Waals surface area contributed by atoms with Crippen molar-refractivity contribution < 1.29 is 9.59 Å². The molecule has 4 nitrogen and oxygen atoms in total. The Hall–Kier alpha value is -1.62. The quantitative estimate of drug-likeness (QED) is 0.716.